The fraction of sp³-hybridized carbons (Fsp3) is 0.160. The molecule has 0 aliphatic heterocycles. The van der Waals surface area contributed by atoms with Crippen molar-refractivity contribution in [3.63, 3.8) is 0 Å². The van der Waals surface area contributed by atoms with Crippen LogP contribution in [0, 0.1) is 0 Å². The lowest BCUT2D eigenvalue weighted by molar-refractivity contribution is -0.114. The standard InChI is InChI=1S/C25H22FN7O3/c1-13(26)24(34)30-16-6-3-14(4-7-16)21-20(22-23(27)28-12-29-33(22)32-21)15-5-10-18(19(11-15)36-2)25(35)31-17-8-9-17/h3-7,10-12,17H,1,8-9H2,2H3,(H,30,34)(H,31,35)(H2,27,28,29). The second-order valence-electron chi connectivity index (χ2n) is 8.31. The average molecular weight is 487 g/mol. The molecule has 4 aromatic rings. The van der Waals surface area contributed by atoms with Crippen LogP contribution in [-0.4, -0.2) is 44.8 Å². The summed E-state index contributed by atoms with van der Waals surface area (Å²) in [5.74, 6) is -1.58. The number of hydrogen-bond donors (Lipinski definition) is 3. The third kappa shape index (κ3) is 4.33. The van der Waals surface area contributed by atoms with Crippen LogP contribution in [0.1, 0.15) is 23.2 Å². The van der Waals surface area contributed by atoms with Crippen LogP contribution in [0.5, 0.6) is 5.75 Å². The van der Waals surface area contributed by atoms with E-state index in [0.717, 1.165) is 12.8 Å². The number of nitrogen functional groups attached to an aromatic ring is 1. The molecule has 1 fully saturated rings. The number of nitrogens with two attached hydrogens (primary N) is 1. The van der Waals surface area contributed by atoms with Gasteiger partial charge in [-0.15, -0.1) is 14.8 Å². The maximum atomic E-state index is 13.0. The molecule has 1 saturated carbocycles. The lowest BCUT2D eigenvalue weighted by Crippen LogP contribution is -2.25. The first kappa shape index (κ1) is 23.0. The van der Waals surface area contributed by atoms with E-state index in [1.807, 2.05) is 0 Å². The Kier molecular flexibility index (Phi) is 5.80. The van der Waals surface area contributed by atoms with Crippen LogP contribution in [0.15, 0.2) is 61.2 Å². The second kappa shape index (κ2) is 9.10. The molecule has 2 amide bonds. The summed E-state index contributed by atoms with van der Waals surface area (Å²) in [5.41, 5.74) is 10.0. The number of aromatic nitrogens is 4. The Balaban J connectivity index is 1.60. The molecule has 1 aliphatic rings. The van der Waals surface area contributed by atoms with Crippen molar-refractivity contribution in [1.82, 2.24) is 25.1 Å². The van der Waals surface area contributed by atoms with E-state index in [9.17, 15) is 14.0 Å². The fourth-order valence-electron chi connectivity index (χ4n) is 3.83. The minimum absolute atomic E-state index is 0.197. The Morgan fingerprint density at radius 1 is 1.17 bits per heavy atom. The first-order valence-corrected chi connectivity index (χ1v) is 11.1. The quantitative estimate of drug-likeness (QED) is 0.340. The predicted molar refractivity (Wildman–Crippen MR) is 132 cm³/mol. The maximum absolute atomic E-state index is 13.0. The topological polar surface area (TPSA) is 137 Å². The summed E-state index contributed by atoms with van der Waals surface area (Å²) in [5, 5.41) is 14.2. The summed E-state index contributed by atoms with van der Waals surface area (Å²) in [6.45, 7) is 2.99. The number of halogens is 1. The van der Waals surface area contributed by atoms with Crippen molar-refractivity contribution in [2.24, 2.45) is 0 Å². The molecule has 11 heteroatoms. The molecule has 0 saturated heterocycles. The smallest absolute Gasteiger partial charge is 0.283 e. The van der Waals surface area contributed by atoms with Crippen LogP contribution < -0.4 is 21.1 Å². The fourth-order valence-corrected chi connectivity index (χ4v) is 3.83. The highest BCUT2D eigenvalue weighted by atomic mass is 19.1. The van der Waals surface area contributed by atoms with Gasteiger partial charge in [-0.2, -0.15) is 0 Å². The van der Waals surface area contributed by atoms with Gasteiger partial charge >= 0.3 is 0 Å². The zero-order valence-electron chi connectivity index (χ0n) is 19.3. The molecule has 5 rings (SSSR count). The molecular formula is C25H22FN7O3. The first-order valence-electron chi connectivity index (χ1n) is 11.1. The minimum Gasteiger partial charge on any atom is -0.496 e. The van der Waals surface area contributed by atoms with Gasteiger partial charge in [-0.05, 0) is 42.7 Å². The molecule has 0 atom stereocenters. The van der Waals surface area contributed by atoms with Crippen LogP contribution in [0.3, 0.4) is 0 Å². The van der Waals surface area contributed by atoms with Crippen molar-refractivity contribution < 1.29 is 18.7 Å². The molecule has 0 bridgehead atoms. The van der Waals surface area contributed by atoms with E-state index >= 15 is 0 Å². The van der Waals surface area contributed by atoms with Gasteiger partial charge in [0.15, 0.2) is 11.6 Å². The summed E-state index contributed by atoms with van der Waals surface area (Å²) in [4.78, 5) is 28.4. The summed E-state index contributed by atoms with van der Waals surface area (Å²) in [6, 6.07) is 12.1. The second-order valence-corrected chi connectivity index (χ2v) is 8.31. The number of nitrogens with one attached hydrogen (secondary N) is 2. The van der Waals surface area contributed by atoms with E-state index in [2.05, 4.69) is 32.4 Å². The van der Waals surface area contributed by atoms with Gasteiger partial charge in [-0.1, -0.05) is 24.8 Å². The number of methoxy groups -OCH3 is 1. The molecular weight excluding hydrogens is 465 g/mol. The molecule has 4 N–H and O–H groups in total. The third-order valence-corrected chi connectivity index (χ3v) is 5.78. The maximum Gasteiger partial charge on any atom is 0.283 e. The molecule has 0 radical (unpaired) electrons. The van der Waals surface area contributed by atoms with Gasteiger partial charge in [0.2, 0.25) is 0 Å². The molecule has 1 aliphatic carbocycles. The van der Waals surface area contributed by atoms with Crippen molar-refractivity contribution in [2.75, 3.05) is 18.2 Å². The van der Waals surface area contributed by atoms with Crippen LogP contribution in [0.25, 0.3) is 27.9 Å². The van der Waals surface area contributed by atoms with Crippen LogP contribution in [0.2, 0.25) is 0 Å². The highest BCUT2D eigenvalue weighted by Gasteiger charge is 2.26. The number of ether oxygens (including phenoxy) is 1. The normalized spacial score (nSPS) is 12.8. The molecule has 0 spiro atoms. The summed E-state index contributed by atoms with van der Waals surface area (Å²) in [7, 11) is 1.50. The van der Waals surface area contributed by atoms with E-state index in [4.69, 9.17) is 10.5 Å². The zero-order valence-corrected chi connectivity index (χ0v) is 19.3. The van der Waals surface area contributed by atoms with Crippen LogP contribution >= 0.6 is 0 Å². The monoisotopic (exact) mass is 487 g/mol. The third-order valence-electron chi connectivity index (χ3n) is 5.78. The summed E-state index contributed by atoms with van der Waals surface area (Å²) in [6.07, 6.45) is 3.25. The highest BCUT2D eigenvalue weighted by molar-refractivity contribution is 6.02. The Bertz CT molecular complexity index is 1510. The first-order chi connectivity index (χ1) is 17.4. The number of carbonyl (C=O) groups is 2. The predicted octanol–water partition coefficient (Wildman–Crippen LogP) is 3.36. The van der Waals surface area contributed by atoms with Crippen molar-refractivity contribution in [3.05, 3.63) is 66.8 Å². The molecule has 10 nitrogen and oxygen atoms in total. The van der Waals surface area contributed by atoms with E-state index in [1.165, 1.54) is 18.1 Å². The Hall–Kier alpha value is -4.80. The van der Waals surface area contributed by atoms with Gasteiger partial charge in [0.25, 0.3) is 11.8 Å². The average Bonchev–Trinajstić information content (AvgIpc) is 3.60. The molecule has 36 heavy (non-hydrogen) atoms. The van der Waals surface area contributed by atoms with Gasteiger partial charge < -0.3 is 21.1 Å². The number of rotatable bonds is 7. The Morgan fingerprint density at radius 2 is 1.89 bits per heavy atom. The zero-order chi connectivity index (χ0) is 25.4. The van der Waals surface area contributed by atoms with E-state index in [-0.39, 0.29) is 17.8 Å². The molecule has 2 aromatic carbocycles. The van der Waals surface area contributed by atoms with Crippen molar-refractivity contribution in [3.8, 4) is 28.1 Å². The number of fused-ring (bicyclic) bond motifs is 1. The van der Waals surface area contributed by atoms with Crippen molar-refractivity contribution >= 4 is 28.8 Å². The molecule has 182 valence electrons. The van der Waals surface area contributed by atoms with Crippen LogP contribution in [0.4, 0.5) is 15.9 Å². The number of benzene rings is 2. The Labute approximate surface area is 205 Å². The van der Waals surface area contributed by atoms with Gasteiger partial charge in [-0.25, -0.2) is 9.37 Å². The van der Waals surface area contributed by atoms with Gasteiger partial charge in [0.05, 0.1) is 12.7 Å². The molecule has 0 unspecified atom stereocenters. The number of carbonyl (C=O) groups excluding carboxylic acids is 2. The number of nitrogens with zero attached hydrogens (tertiary/aromatic N) is 4. The van der Waals surface area contributed by atoms with E-state index in [0.29, 0.717) is 44.9 Å². The van der Waals surface area contributed by atoms with E-state index < -0.39 is 11.7 Å². The van der Waals surface area contributed by atoms with Crippen molar-refractivity contribution in [2.45, 2.75) is 18.9 Å². The van der Waals surface area contributed by atoms with Gasteiger partial charge in [-0.3, -0.25) is 9.59 Å². The number of amides is 2. The van der Waals surface area contributed by atoms with Crippen LogP contribution in [-0.2, 0) is 4.79 Å². The summed E-state index contributed by atoms with van der Waals surface area (Å²) < 4.78 is 20.0. The largest absolute Gasteiger partial charge is 0.496 e. The number of hydrogen-bond acceptors (Lipinski definition) is 7. The van der Waals surface area contributed by atoms with Gasteiger partial charge in [0, 0.05) is 22.9 Å². The highest BCUT2D eigenvalue weighted by Crippen LogP contribution is 2.39. The minimum atomic E-state index is -1.08. The number of anilines is 2. The lowest BCUT2D eigenvalue weighted by atomic mass is 9.98. The molecule has 2 heterocycles. The van der Waals surface area contributed by atoms with Gasteiger partial charge in [0.1, 0.15) is 23.3 Å². The lowest BCUT2D eigenvalue weighted by Gasteiger charge is -2.12. The van der Waals surface area contributed by atoms with E-state index in [1.54, 1.807) is 42.5 Å². The molecule has 2 aromatic heterocycles. The van der Waals surface area contributed by atoms with Crippen molar-refractivity contribution in [1.29, 1.82) is 0 Å². The Morgan fingerprint density at radius 3 is 2.56 bits per heavy atom. The SMILES string of the molecule is C=C(F)C(=O)Nc1ccc(-c2nn3ncnc(N)c3c2-c2ccc(C(=O)NC3CC3)c(OC)c2)cc1. The summed E-state index contributed by atoms with van der Waals surface area (Å²) >= 11 is 0.